The first-order chi connectivity index (χ1) is 8.40. The van der Waals surface area contributed by atoms with Crippen molar-refractivity contribution in [2.45, 2.75) is 25.7 Å². The van der Waals surface area contributed by atoms with Crippen LogP contribution < -0.4 is 0 Å². The summed E-state index contributed by atoms with van der Waals surface area (Å²) >= 11 is 0. The number of aromatic amines is 1. The molecule has 0 aliphatic heterocycles. The first-order valence-electron chi connectivity index (χ1n) is 6.12. The molecule has 0 amide bonds. The van der Waals surface area contributed by atoms with Gasteiger partial charge in [0.1, 0.15) is 0 Å². The third-order valence-corrected chi connectivity index (χ3v) is 3.21. The van der Waals surface area contributed by atoms with Crippen molar-refractivity contribution in [1.82, 2.24) is 10.2 Å². The lowest BCUT2D eigenvalue weighted by molar-refractivity contribution is 0.934. The molecule has 0 spiro atoms. The Morgan fingerprint density at radius 1 is 1.00 bits per heavy atom. The Morgan fingerprint density at radius 2 is 1.71 bits per heavy atom. The summed E-state index contributed by atoms with van der Waals surface area (Å²) in [5.74, 6) is 0. The Kier molecular flexibility index (Phi) is 2.78. The lowest BCUT2D eigenvalue weighted by Gasteiger charge is -1.97. The second kappa shape index (κ2) is 4.58. The van der Waals surface area contributed by atoms with Gasteiger partial charge in [-0.3, -0.25) is 5.10 Å². The minimum absolute atomic E-state index is 0.973. The highest BCUT2D eigenvalue weighted by Gasteiger charge is 2.07. The number of hydrogen-bond donors (Lipinski definition) is 1. The Hall–Kier alpha value is -1.83. The van der Waals surface area contributed by atoms with Gasteiger partial charge in [-0.1, -0.05) is 47.6 Å². The van der Waals surface area contributed by atoms with Crippen LogP contribution in [0.15, 0.2) is 53.7 Å². The molecule has 2 aliphatic carbocycles. The van der Waals surface area contributed by atoms with Crippen LogP contribution in [0, 0.1) is 0 Å². The molecule has 0 bridgehead atoms. The topological polar surface area (TPSA) is 28.7 Å². The van der Waals surface area contributed by atoms with Gasteiger partial charge in [-0.15, -0.1) is 0 Å². The molecule has 0 atom stereocenters. The van der Waals surface area contributed by atoms with E-state index >= 15 is 0 Å². The Morgan fingerprint density at radius 3 is 2.35 bits per heavy atom. The van der Waals surface area contributed by atoms with E-state index < -0.39 is 0 Å². The first kappa shape index (κ1) is 10.3. The third-order valence-electron chi connectivity index (χ3n) is 3.21. The van der Waals surface area contributed by atoms with E-state index in [1.165, 1.54) is 16.8 Å². The largest absolute Gasteiger partial charge is 0.282 e. The van der Waals surface area contributed by atoms with Gasteiger partial charge in [-0.05, 0) is 18.9 Å². The van der Waals surface area contributed by atoms with Gasteiger partial charge in [0.25, 0.3) is 0 Å². The molecule has 0 unspecified atom stereocenters. The Balaban J connectivity index is 1.62. The molecule has 1 N–H and O–H groups in total. The summed E-state index contributed by atoms with van der Waals surface area (Å²) in [6.07, 6.45) is 17.2. The van der Waals surface area contributed by atoms with Crippen molar-refractivity contribution in [3.05, 3.63) is 65.1 Å². The summed E-state index contributed by atoms with van der Waals surface area (Å²) in [7, 11) is 0. The maximum Gasteiger partial charge on any atom is 0.0665 e. The Bertz CT molecular complexity index is 480. The standard InChI is InChI=1S/C15H16N2/c1-2-6-12(5-1)9-14-11-15(17-16-14)10-13-7-3-4-8-13/h1-5,7,11H,6,8-10H2,(H,16,17). The van der Waals surface area contributed by atoms with E-state index in [9.17, 15) is 0 Å². The van der Waals surface area contributed by atoms with Gasteiger partial charge >= 0.3 is 0 Å². The van der Waals surface area contributed by atoms with Crippen LogP contribution in [-0.4, -0.2) is 10.2 Å². The second-order valence-corrected chi connectivity index (χ2v) is 4.65. The van der Waals surface area contributed by atoms with Crippen molar-refractivity contribution in [1.29, 1.82) is 0 Å². The SMILES string of the molecule is C1=CCC(Cc2cc(CC3=CC=CC3)[nH]n2)=C1. The van der Waals surface area contributed by atoms with Crippen LogP contribution in [0.3, 0.4) is 0 Å². The lowest BCUT2D eigenvalue weighted by atomic mass is 10.1. The van der Waals surface area contributed by atoms with Gasteiger partial charge in [-0.2, -0.15) is 5.10 Å². The quantitative estimate of drug-likeness (QED) is 0.835. The van der Waals surface area contributed by atoms with E-state index in [0.717, 1.165) is 31.4 Å². The molecule has 3 rings (SSSR count). The fourth-order valence-corrected chi connectivity index (χ4v) is 2.31. The molecule has 0 radical (unpaired) electrons. The van der Waals surface area contributed by atoms with Crippen LogP contribution in [-0.2, 0) is 12.8 Å². The second-order valence-electron chi connectivity index (χ2n) is 4.65. The van der Waals surface area contributed by atoms with Crippen molar-refractivity contribution in [3.63, 3.8) is 0 Å². The molecule has 0 saturated heterocycles. The summed E-state index contributed by atoms with van der Waals surface area (Å²) < 4.78 is 0. The molecule has 1 heterocycles. The molecular formula is C15H16N2. The minimum Gasteiger partial charge on any atom is -0.282 e. The number of allylic oxidation sites excluding steroid dienone is 8. The summed E-state index contributed by atoms with van der Waals surface area (Å²) in [6.45, 7) is 0. The van der Waals surface area contributed by atoms with Gasteiger partial charge in [-0.25, -0.2) is 0 Å². The van der Waals surface area contributed by atoms with E-state index in [1.807, 2.05) is 0 Å². The highest BCUT2D eigenvalue weighted by molar-refractivity contribution is 5.30. The molecule has 1 aromatic heterocycles. The molecule has 86 valence electrons. The van der Waals surface area contributed by atoms with Gasteiger partial charge < -0.3 is 0 Å². The van der Waals surface area contributed by atoms with Crippen molar-refractivity contribution >= 4 is 0 Å². The van der Waals surface area contributed by atoms with Crippen molar-refractivity contribution in [2.75, 3.05) is 0 Å². The van der Waals surface area contributed by atoms with Gasteiger partial charge in [0.05, 0.1) is 5.69 Å². The van der Waals surface area contributed by atoms with E-state index in [0.29, 0.717) is 0 Å². The third kappa shape index (κ3) is 2.47. The van der Waals surface area contributed by atoms with E-state index in [2.05, 4.69) is 52.7 Å². The summed E-state index contributed by atoms with van der Waals surface area (Å²) in [5.41, 5.74) is 5.29. The molecule has 0 saturated carbocycles. The van der Waals surface area contributed by atoms with Gasteiger partial charge in [0, 0.05) is 18.5 Å². The van der Waals surface area contributed by atoms with Crippen LogP contribution in [0.5, 0.6) is 0 Å². The number of hydrogen-bond acceptors (Lipinski definition) is 1. The van der Waals surface area contributed by atoms with Crippen LogP contribution >= 0.6 is 0 Å². The zero-order valence-electron chi connectivity index (χ0n) is 9.82. The highest BCUT2D eigenvalue weighted by Crippen LogP contribution is 2.18. The van der Waals surface area contributed by atoms with Gasteiger partial charge in [0.15, 0.2) is 0 Å². The normalized spacial score (nSPS) is 17.6. The summed E-state index contributed by atoms with van der Waals surface area (Å²) in [4.78, 5) is 0. The zero-order chi connectivity index (χ0) is 11.5. The van der Waals surface area contributed by atoms with Crippen molar-refractivity contribution < 1.29 is 0 Å². The monoisotopic (exact) mass is 224 g/mol. The van der Waals surface area contributed by atoms with Crippen LogP contribution in [0.4, 0.5) is 0 Å². The summed E-state index contributed by atoms with van der Waals surface area (Å²) in [6, 6.07) is 2.19. The smallest absolute Gasteiger partial charge is 0.0665 e. The Labute approximate surface area is 101 Å². The lowest BCUT2D eigenvalue weighted by Crippen LogP contribution is -1.87. The molecule has 2 heteroatoms. The molecule has 2 nitrogen and oxygen atoms in total. The molecule has 2 aliphatic rings. The van der Waals surface area contributed by atoms with Crippen LogP contribution in [0.25, 0.3) is 0 Å². The molecule has 0 aromatic carbocycles. The first-order valence-corrected chi connectivity index (χ1v) is 6.12. The summed E-state index contributed by atoms with van der Waals surface area (Å²) in [5, 5.41) is 7.52. The number of rotatable bonds is 4. The average Bonchev–Trinajstić information content (AvgIpc) is 3.02. The van der Waals surface area contributed by atoms with Crippen LogP contribution in [0.1, 0.15) is 24.2 Å². The average molecular weight is 224 g/mol. The van der Waals surface area contributed by atoms with E-state index in [4.69, 9.17) is 0 Å². The number of nitrogens with one attached hydrogen (secondary N) is 1. The highest BCUT2D eigenvalue weighted by atomic mass is 15.1. The maximum absolute atomic E-state index is 4.38. The fourth-order valence-electron chi connectivity index (χ4n) is 2.31. The van der Waals surface area contributed by atoms with Crippen molar-refractivity contribution in [2.24, 2.45) is 0 Å². The predicted molar refractivity (Wildman–Crippen MR) is 69.7 cm³/mol. The fraction of sp³-hybridized carbons (Fsp3) is 0.267. The number of H-pyrrole nitrogens is 1. The minimum atomic E-state index is 0.973. The van der Waals surface area contributed by atoms with Crippen LogP contribution in [0.2, 0.25) is 0 Å². The molecule has 17 heavy (non-hydrogen) atoms. The number of aromatic nitrogens is 2. The zero-order valence-corrected chi connectivity index (χ0v) is 9.82. The van der Waals surface area contributed by atoms with Gasteiger partial charge in [0.2, 0.25) is 0 Å². The predicted octanol–water partition coefficient (Wildman–Crippen LogP) is 3.27. The maximum atomic E-state index is 4.38. The number of nitrogens with zero attached hydrogens (tertiary/aromatic N) is 1. The molecule has 0 fully saturated rings. The molecular weight excluding hydrogens is 208 g/mol. The van der Waals surface area contributed by atoms with Crippen molar-refractivity contribution in [3.8, 4) is 0 Å². The van der Waals surface area contributed by atoms with E-state index in [1.54, 1.807) is 0 Å². The van der Waals surface area contributed by atoms with E-state index in [-0.39, 0.29) is 0 Å². The molecule has 1 aromatic rings.